The summed E-state index contributed by atoms with van der Waals surface area (Å²) in [5, 5.41) is 0. The van der Waals surface area contributed by atoms with E-state index in [-0.39, 0.29) is 0 Å². The number of benzene rings is 2. The Hall–Kier alpha value is -2.55. The fourth-order valence-corrected chi connectivity index (χ4v) is 3.44. The second-order valence-corrected chi connectivity index (χ2v) is 7.56. The lowest BCUT2D eigenvalue weighted by Crippen LogP contribution is -2.01. The van der Waals surface area contributed by atoms with E-state index in [1.807, 2.05) is 20.1 Å². The lowest BCUT2D eigenvalue weighted by atomic mass is 10.1. The molecule has 0 aliphatic heterocycles. The minimum absolute atomic E-state index is 0.575. The van der Waals surface area contributed by atoms with Crippen molar-refractivity contribution in [3.05, 3.63) is 57.6 Å². The lowest BCUT2D eigenvalue weighted by molar-refractivity contribution is 1.24. The first-order chi connectivity index (χ1) is 12.7. The van der Waals surface area contributed by atoms with Crippen LogP contribution in [0.2, 0.25) is 0 Å². The van der Waals surface area contributed by atoms with Gasteiger partial charge in [-0.3, -0.25) is 15.0 Å². The first kappa shape index (κ1) is 20.8. The molecule has 0 unspecified atom stereocenters. The van der Waals surface area contributed by atoms with Crippen LogP contribution in [0.3, 0.4) is 0 Å². The molecule has 0 saturated carbocycles. The van der Waals surface area contributed by atoms with Crippen molar-refractivity contribution < 1.29 is 0 Å². The summed E-state index contributed by atoms with van der Waals surface area (Å²) in [6, 6.07) is 8.68. The van der Waals surface area contributed by atoms with Gasteiger partial charge in [-0.05, 0) is 77.6 Å². The zero-order valence-electron chi connectivity index (χ0n) is 17.9. The second-order valence-electron chi connectivity index (χ2n) is 7.56. The quantitative estimate of drug-likeness (QED) is 0.546. The Balaban J connectivity index is 2.13. The molecule has 3 nitrogen and oxygen atoms in total. The van der Waals surface area contributed by atoms with E-state index in [1.165, 1.54) is 33.4 Å². The first-order valence-corrected chi connectivity index (χ1v) is 9.42. The summed E-state index contributed by atoms with van der Waals surface area (Å²) in [5.41, 5.74) is 11.4. The van der Waals surface area contributed by atoms with Crippen LogP contribution in [-0.2, 0) is 0 Å². The number of nitrogens with zero attached hydrogens (tertiary/aromatic N) is 3. The molecule has 3 heteroatoms. The Bertz CT molecular complexity index is 885. The van der Waals surface area contributed by atoms with Gasteiger partial charge in [-0.15, -0.1) is 0 Å². The maximum absolute atomic E-state index is 4.78. The molecule has 0 aliphatic carbocycles. The van der Waals surface area contributed by atoms with Gasteiger partial charge >= 0.3 is 0 Å². The van der Waals surface area contributed by atoms with Crippen molar-refractivity contribution >= 4 is 29.0 Å². The highest BCUT2D eigenvalue weighted by molar-refractivity contribution is 6.30. The van der Waals surface area contributed by atoms with E-state index in [9.17, 15) is 0 Å². The molecule has 0 amide bonds. The molecule has 2 rings (SSSR count). The molecule has 0 heterocycles. The van der Waals surface area contributed by atoms with E-state index >= 15 is 0 Å². The van der Waals surface area contributed by atoms with Crippen molar-refractivity contribution in [1.82, 2.24) is 0 Å². The van der Waals surface area contributed by atoms with E-state index < -0.39 is 0 Å². The third kappa shape index (κ3) is 5.72. The number of aliphatic imine (C=N–C) groups is 3. The van der Waals surface area contributed by atoms with Crippen molar-refractivity contribution in [3.8, 4) is 0 Å². The summed E-state index contributed by atoms with van der Waals surface area (Å²) in [6.07, 6.45) is 1.84. The fourth-order valence-electron chi connectivity index (χ4n) is 3.44. The monoisotopic (exact) mass is 361 g/mol. The van der Waals surface area contributed by atoms with Crippen LogP contribution < -0.4 is 0 Å². The maximum atomic E-state index is 4.78. The highest BCUT2D eigenvalue weighted by Gasteiger charge is 2.04. The summed E-state index contributed by atoms with van der Waals surface area (Å²) >= 11 is 0. The average molecular weight is 362 g/mol. The topological polar surface area (TPSA) is 37.1 Å². The van der Waals surface area contributed by atoms with Gasteiger partial charge in [0, 0.05) is 11.9 Å². The van der Waals surface area contributed by atoms with Gasteiger partial charge in [0.15, 0.2) is 0 Å². The molecule has 0 bridgehead atoms. The van der Waals surface area contributed by atoms with Crippen LogP contribution in [-0.4, -0.2) is 24.2 Å². The fraction of sp³-hybridized carbons (Fsp3) is 0.375. The molecule has 27 heavy (non-hydrogen) atoms. The molecule has 2 aromatic rings. The summed E-state index contributed by atoms with van der Waals surface area (Å²) in [4.78, 5) is 14.1. The van der Waals surface area contributed by atoms with Crippen molar-refractivity contribution in [2.75, 3.05) is 6.54 Å². The molecule has 0 atom stereocenters. The van der Waals surface area contributed by atoms with Crippen molar-refractivity contribution in [2.45, 2.75) is 55.4 Å². The summed E-state index contributed by atoms with van der Waals surface area (Å²) in [5.74, 6) is 0. The molecule has 142 valence electrons. The van der Waals surface area contributed by atoms with Crippen LogP contribution in [0, 0.1) is 41.5 Å². The molecule has 0 saturated heterocycles. The normalized spacial score (nSPS) is 12.9. The third-order valence-corrected chi connectivity index (χ3v) is 4.46. The van der Waals surface area contributed by atoms with E-state index in [0.29, 0.717) is 6.54 Å². The van der Waals surface area contributed by atoms with Gasteiger partial charge in [-0.25, -0.2) is 0 Å². The second kappa shape index (κ2) is 8.90. The van der Waals surface area contributed by atoms with Crippen LogP contribution in [0.15, 0.2) is 39.2 Å². The molecule has 0 radical (unpaired) electrons. The minimum atomic E-state index is 0.575. The van der Waals surface area contributed by atoms with E-state index in [2.05, 4.69) is 70.8 Å². The highest BCUT2D eigenvalue weighted by atomic mass is 14.8. The molecule has 0 N–H and O–H groups in total. The van der Waals surface area contributed by atoms with Gasteiger partial charge < -0.3 is 0 Å². The predicted molar refractivity (Wildman–Crippen MR) is 120 cm³/mol. The van der Waals surface area contributed by atoms with Crippen LogP contribution in [0.5, 0.6) is 0 Å². The minimum Gasteiger partial charge on any atom is -0.285 e. The first-order valence-electron chi connectivity index (χ1n) is 9.42. The number of hydrogen-bond acceptors (Lipinski definition) is 3. The zero-order valence-corrected chi connectivity index (χ0v) is 17.9. The van der Waals surface area contributed by atoms with Gasteiger partial charge in [0.2, 0.25) is 0 Å². The Morgan fingerprint density at radius 3 is 1.56 bits per heavy atom. The van der Waals surface area contributed by atoms with Crippen LogP contribution >= 0.6 is 0 Å². The summed E-state index contributed by atoms with van der Waals surface area (Å²) in [7, 11) is 0. The molecule has 0 aromatic heterocycles. The molecule has 0 fully saturated rings. The van der Waals surface area contributed by atoms with Crippen LogP contribution in [0.25, 0.3) is 0 Å². The Morgan fingerprint density at radius 2 is 1.11 bits per heavy atom. The Morgan fingerprint density at radius 1 is 0.704 bits per heavy atom. The van der Waals surface area contributed by atoms with Crippen LogP contribution in [0.4, 0.5) is 11.4 Å². The average Bonchev–Trinajstić information content (AvgIpc) is 2.54. The maximum Gasteiger partial charge on any atom is 0.0770 e. The third-order valence-electron chi connectivity index (χ3n) is 4.46. The molecular formula is C24H31N3. The largest absolute Gasteiger partial charge is 0.285 e. The van der Waals surface area contributed by atoms with E-state index in [1.54, 1.807) is 0 Å². The van der Waals surface area contributed by atoms with Crippen molar-refractivity contribution in [1.29, 1.82) is 0 Å². The molecular weight excluding hydrogens is 330 g/mol. The van der Waals surface area contributed by atoms with E-state index in [4.69, 9.17) is 9.98 Å². The van der Waals surface area contributed by atoms with E-state index in [0.717, 1.165) is 22.8 Å². The van der Waals surface area contributed by atoms with Crippen molar-refractivity contribution in [3.63, 3.8) is 0 Å². The molecule has 0 aliphatic rings. The standard InChI is InChI=1S/C24H31N3/c1-15-9-17(3)23(18(4)10-15)26-21(7)13-25-14-22(8)27-24-19(5)11-16(2)12-20(24)6/h9-13H,14H2,1-8H3. The van der Waals surface area contributed by atoms with Gasteiger partial charge in [0.05, 0.1) is 23.6 Å². The van der Waals surface area contributed by atoms with Crippen molar-refractivity contribution in [2.24, 2.45) is 15.0 Å². The van der Waals surface area contributed by atoms with Gasteiger partial charge in [-0.1, -0.05) is 35.4 Å². The zero-order chi connectivity index (χ0) is 20.1. The van der Waals surface area contributed by atoms with Gasteiger partial charge in [0.1, 0.15) is 0 Å². The van der Waals surface area contributed by atoms with Crippen LogP contribution in [0.1, 0.15) is 47.2 Å². The molecule has 2 aromatic carbocycles. The number of hydrogen-bond donors (Lipinski definition) is 0. The Kier molecular flexibility index (Phi) is 6.84. The number of aryl methyl sites for hydroxylation is 6. The van der Waals surface area contributed by atoms with Gasteiger partial charge in [-0.2, -0.15) is 0 Å². The Labute approximate surface area is 164 Å². The highest BCUT2D eigenvalue weighted by Crippen LogP contribution is 2.26. The number of rotatable bonds is 5. The molecule has 0 spiro atoms. The summed E-state index contributed by atoms with van der Waals surface area (Å²) < 4.78 is 0. The smallest absolute Gasteiger partial charge is 0.0770 e. The van der Waals surface area contributed by atoms with Gasteiger partial charge in [0.25, 0.3) is 0 Å². The summed E-state index contributed by atoms with van der Waals surface area (Å²) in [6.45, 7) is 17.2. The lowest BCUT2D eigenvalue weighted by Gasteiger charge is -2.08. The SMILES string of the molecule is CC(C=NCC(C)=Nc1c(C)cc(C)cc1C)=Nc1c(C)cc(C)cc1C. The predicted octanol–water partition coefficient (Wildman–Crippen LogP) is 6.49.